The van der Waals surface area contributed by atoms with Crippen LogP contribution in [-0.2, 0) is 12.7 Å². The molecule has 2 heterocycles. The average Bonchev–Trinajstić information content (AvgIpc) is 3.52. The van der Waals surface area contributed by atoms with Crippen LogP contribution in [0, 0.1) is 18.3 Å². The number of nitrogens with zero attached hydrogens (tertiary/aromatic N) is 6. The molecule has 0 atom stereocenters. The number of halogens is 4. The van der Waals surface area contributed by atoms with Crippen LogP contribution in [0.4, 0.5) is 18.9 Å². The van der Waals surface area contributed by atoms with Gasteiger partial charge in [-0.15, -0.1) is 5.10 Å². The van der Waals surface area contributed by atoms with Crippen LogP contribution in [0.25, 0.3) is 5.69 Å². The van der Waals surface area contributed by atoms with E-state index in [0.717, 1.165) is 4.80 Å². The Hall–Kier alpha value is -4.70. The van der Waals surface area contributed by atoms with E-state index in [2.05, 4.69) is 25.9 Å². The van der Waals surface area contributed by atoms with Crippen LogP contribution in [0.2, 0.25) is 5.02 Å². The summed E-state index contributed by atoms with van der Waals surface area (Å²) in [6, 6.07) is 12.8. The van der Waals surface area contributed by atoms with Gasteiger partial charge in [-0.3, -0.25) is 9.59 Å². The van der Waals surface area contributed by atoms with Gasteiger partial charge < -0.3 is 10.6 Å². The molecule has 0 aliphatic carbocycles. The number of hydrogen-bond donors (Lipinski definition) is 2. The third-order valence-corrected chi connectivity index (χ3v) is 5.96. The normalized spacial score (nSPS) is 11.7. The molecule has 4 aromatic rings. The van der Waals surface area contributed by atoms with Gasteiger partial charge in [0.25, 0.3) is 11.8 Å². The minimum absolute atomic E-state index is 0.0257. The molecule has 0 aliphatic rings. The quantitative estimate of drug-likeness (QED) is 0.322. The first kappa shape index (κ1) is 29.3. The first-order valence-electron chi connectivity index (χ1n) is 12.2. The van der Waals surface area contributed by atoms with Crippen molar-refractivity contribution in [2.45, 2.75) is 46.0 Å². The molecule has 212 valence electrons. The van der Waals surface area contributed by atoms with Gasteiger partial charge in [0.05, 0.1) is 45.5 Å². The maximum atomic E-state index is 13.7. The fraction of sp³-hybridized carbons (Fsp3) is 0.259. The summed E-state index contributed by atoms with van der Waals surface area (Å²) in [4.78, 5) is 27.6. The number of para-hydroxylation sites is 1. The summed E-state index contributed by atoms with van der Waals surface area (Å²) < 4.78 is 40.2. The van der Waals surface area contributed by atoms with Crippen molar-refractivity contribution in [3.05, 3.63) is 87.5 Å². The number of carbonyl (C=O) groups is 2. The summed E-state index contributed by atoms with van der Waals surface area (Å²) in [6.07, 6.45) is -4.08. The number of aryl methyl sites for hydroxylation is 1. The second-order valence-electron chi connectivity index (χ2n) is 10.1. The second-order valence-corrected chi connectivity index (χ2v) is 10.5. The highest BCUT2D eigenvalue weighted by molar-refractivity contribution is 6.32. The molecule has 0 aliphatic heterocycles. The van der Waals surface area contributed by atoms with E-state index >= 15 is 0 Å². The summed E-state index contributed by atoms with van der Waals surface area (Å²) in [6.45, 7) is 6.74. The van der Waals surface area contributed by atoms with Crippen molar-refractivity contribution >= 4 is 29.1 Å². The second kappa shape index (κ2) is 11.1. The number of hydrogen-bond acceptors (Lipinski definition) is 6. The minimum atomic E-state index is -4.67. The first-order chi connectivity index (χ1) is 19.2. The lowest BCUT2D eigenvalue weighted by Gasteiger charge is -2.22. The lowest BCUT2D eigenvalue weighted by atomic mass is 10.0. The van der Waals surface area contributed by atoms with Crippen molar-refractivity contribution in [2.24, 2.45) is 0 Å². The van der Waals surface area contributed by atoms with Gasteiger partial charge in [-0.25, -0.2) is 4.68 Å². The summed E-state index contributed by atoms with van der Waals surface area (Å²) in [5.74, 6) is -1.19. The van der Waals surface area contributed by atoms with Crippen molar-refractivity contribution in [3.8, 4) is 11.8 Å². The predicted octanol–water partition coefficient (Wildman–Crippen LogP) is 5.15. The molecule has 2 N–H and O–H groups in total. The summed E-state index contributed by atoms with van der Waals surface area (Å²) in [5, 5.41) is 26.7. The van der Waals surface area contributed by atoms with Crippen LogP contribution in [0.5, 0.6) is 0 Å². The van der Waals surface area contributed by atoms with Gasteiger partial charge >= 0.3 is 6.18 Å². The molecule has 0 spiro atoms. The number of amides is 2. The Kier molecular flexibility index (Phi) is 7.89. The number of nitrogens with one attached hydrogen (secondary N) is 2. The zero-order chi connectivity index (χ0) is 30.1. The van der Waals surface area contributed by atoms with Gasteiger partial charge in [-0.1, -0.05) is 23.7 Å². The predicted molar refractivity (Wildman–Crippen MR) is 144 cm³/mol. The van der Waals surface area contributed by atoms with Gasteiger partial charge in [0.15, 0.2) is 5.69 Å². The number of benzene rings is 2. The Morgan fingerprint density at radius 2 is 1.78 bits per heavy atom. The van der Waals surface area contributed by atoms with E-state index in [-0.39, 0.29) is 39.8 Å². The summed E-state index contributed by atoms with van der Waals surface area (Å²) in [7, 11) is 0. The molecule has 0 saturated carbocycles. The molecule has 41 heavy (non-hydrogen) atoms. The molecule has 10 nitrogen and oxygen atoms in total. The van der Waals surface area contributed by atoms with E-state index in [1.54, 1.807) is 52.0 Å². The zero-order valence-corrected chi connectivity index (χ0v) is 23.1. The third kappa shape index (κ3) is 6.72. The highest BCUT2D eigenvalue weighted by atomic mass is 35.5. The number of alkyl halides is 3. The van der Waals surface area contributed by atoms with E-state index < -0.39 is 29.2 Å². The Labute approximate surface area is 237 Å². The van der Waals surface area contributed by atoms with Crippen molar-refractivity contribution in [1.29, 1.82) is 5.26 Å². The molecular weight excluding hydrogens is 561 g/mol. The number of nitriles is 1. The molecular formula is C27H24ClF3N8O2. The van der Waals surface area contributed by atoms with Crippen LogP contribution < -0.4 is 10.6 Å². The van der Waals surface area contributed by atoms with Gasteiger partial charge in [0, 0.05) is 5.54 Å². The number of carbonyl (C=O) groups excluding carboxylic acids is 2. The van der Waals surface area contributed by atoms with Crippen LogP contribution >= 0.6 is 11.6 Å². The average molecular weight is 585 g/mol. The Morgan fingerprint density at radius 1 is 1.07 bits per heavy atom. The Bertz CT molecular complexity index is 1680. The molecule has 4 rings (SSSR count). The van der Waals surface area contributed by atoms with Gasteiger partial charge in [0.2, 0.25) is 0 Å². The Morgan fingerprint density at radius 3 is 2.39 bits per heavy atom. The molecule has 0 radical (unpaired) electrons. The molecule has 0 bridgehead atoms. The summed E-state index contributed by atoms with van der Waals surface area (Å²) in [5.41, 5.74) is -0.353. The standard InChI is InChI=1S/C27H24ClF3N8O2/c1-15-9-16(12-32)10-18(24(40)35-26(2,3)4)23(15)34-25(41)21-11-17(14-38-33-13-22(37-38)27(29,30)31)36-39(21)20-8-6-5-7-19(20)28/h5-11,13H,14H2,1-4H3,(H,34,41)(H,35,40). The van der Waals surface area contributed by atoms with Crippen LogP contribution in [0.15, 0.2) is 48.7 Å². The minimum Gasteiger partial charge on any atom is -0.347 e. The van der Waals surface area contributed by atoms with E-state index in [1.165, 1.54) is 22.9 Å². The van der Waals surface area contributed by atoms with Gasteiger partial charge in [-0.05, 0) is 63.6 Å². The molecule has 2 aromatic heterocycles. The van der Waals surface area contributed by atoms with E-state index in [0.29, 0.717) is 17.4 Å². The van der Waals surface area contributed by atoms with Gasteiger partial charge in [-0.2, -0.15) is 33.4 Å². The fourth-order valence-corrected chi connectivity index (χ4v) is 4.12. The van der Waals surface area contributed by atoms with Crippen LogP contribution in [0.3, 0.4) is 0 Å². The zero-order valence-electron chi connectivity index (χ0n) is 22.3. The third-order valence-electron chi connectivity index (χ3n) is 5.64. The van der Waals surface area contributed by atoms with E-state index in [4.69, 9.17) is 11.6 Å². The van der Waals surface area contributed by atoms with Crippen LogP contribution in [-0.4, -0.2) is 42.1 Å². The molecule has 2 aromatic carbocycles. The lowest BCUT2D eigenvalue weighted by molar-refractivity contribution is -0.141. The SMILES string of the molecule is Cc1cc(C#N)cc(C(=O)NC(C)(C)C)c1NC(=O)c1cc(Cn2ncc(C(F)(F)F)n2)nn1-c1ccccc1Cl. The highest BCUT2D eigenvalue weighted by Crippen LogP contribution is 2.28. The van der Waals surface area contributed by atoms with Crippen molar-refractivity contribution in [1.82, 2.24) is 30.1 Å². The highest BCUT2D eigenvalue weighted by Gasteiger charge is 2.34. The summed E-state index contributed by atoms with van der Waals surface area (Å²) >= 11 is 6.37. The maximum absolute atomic E-state index is 13.7. The molecule has 0 fully saturated rings. The number of anilines is 1. The van der Waals surface area contributed by atoms with Crippen molar-refractivity contribution in [2.75, 3.05) is 5.32 Å². The maximum Gasteiger partial charge on any atom is 0.436 e. The number of aromatic nitrogens is 5. The topological polar surface area (TPSA) is 131 Å². The first-order valence-corrected chi connectivity index (χ1v) is 12.5. The van der Waals surface area contributed by atoms with Gasteiger partial charge in [0.1, 0.15) is 12.2 Å². The molecule has 0 saturated heterocycles. The smallest absolute Gasteiger partial charge is 0.347 e. The number of rotatable bonds is 6. The largest absolute Gasteiger partial charge is 0.436 e. The lowest BCUT2D eigenvalue weighted by Crippen LogP contribution is -2.41. The van der Waals surface area contributed by atoms with E-state index in [9.17, 15) is 28.0 Å². The van der Waals surface area contributed by atoms with Crippen molar-refractivity contribution < 1.29 is 22.8 Å². The molecule has 14 heteroatoms. The van der Waals surface area contributed by atoms with E-state index in [1.807, 2.05) is 6.07 Å². The van der Waals surface area contributed by atoms with Crippen molar-refractivity contribution in [3.63, 3.8) is 0 Å². The molecule has 2 amide bonds. The monoisotopic (exact) mass is 584 g/mol. The molecule has 0 unspecified atom stereocenters. The Balaban J connectivity index is 1.76. The van der Waals surface area contributed by atoms with Crippen LogP contribution in [0.1, 0.15) is 64.1 Å². The fourth-order valence-electron chi connectivity index (χ4n) is 3.91.